The fraction of sp³-hybridized carbons (Fsp3) is 0.500. The van der Waals surface area contributed by atoms with Gasteiger partial charge in [-0.3, -0.25) is 6.92 Å². The van der Waals surface area contributed by atoms with Crippen molar-refractivity contribution in [1.82, 2.24) is 0 Å². The van der Waals surface area contributed by atoms with E-state index in [1.165, 1.54) is 29.6 Å². The second kappa shape index (κ2) is 12.2. The maximum atomic E-state index is 11.0. The summed E-state index contributed by atoms with van der Waals surface area (Å²) in [4.78, 5) is 0. The molecule has 22 heavy (non-hydrogen) atoms. The standard InChI is InChI=1S/C10H15.C3H2F5.CO.HI.Ir/c1-6-7(2)9(4)10(5)8(6)3;1-2(4,5)3(6,7)8;1-2;;/h1-5H3;1H2;;1H;/q;-1;;;+3/p-1. The summed E-state index contributed by atoms with van der Waals surface area (Å²) < 4.78 is 61.7. The number of halogens is 6. The molecule has 8 heteroatoms. The Hall–Kier alpha value is 0.769. The van der Waals surface area contributed by atoms with Gasteiger partial charge in [0.05, 0.1) is 0 Å². The normalized spacial score (nSPS) is 18.5. The van der Waals surface area contributed by atoms with Crippen LogP contribution in [0, 0.1) is 43.2 Å². The van der Waals surface area contributed by atoms with Gasteiger partial charge in [-0.1, -0.05) is 34.6 Å². The van der Waals surface area contributed by atoms with Crippen molar-refractivity contribution in [3.8, 4) is 0 Å². The molecule has 0 aromatic carbocycles. The molecule has 1 fully saturated rings. The Morgan fingerprint density at radius 3 is 0.909 bits per heavy atom. The van der Waals surface area contributed by atoms with Gasteiger partial charge in [-0.05, 0) is 29.6 Å². The first kappa shape index (κ1) is 27.6. The monoisotopic (exact) mass is 616 g/mol. The van der Waals surface area contributed by atoms with Gasteiger partial charge in [0.25, 0.3) is 0 Å². The van der Waals surface area contributed by atoms with Crippen LogP contribution in [-0.2, 0) is 20.0 Å². The van der Waals surface area contributed by atoms with Crippen LogP contribution in [-0.4, -0.2) is 12.1 Å². The van der Waals surface area contributed by atoms with Gasteiger partial charge in [0.2, 0.25) is 5.92 Å². The summed E-state index contributed by atoms with van der Waals surface area (Å²) >= 11 is 4.12. The third-order valence-electron chi connectivity index (χ3n) is 3.23. The maximum absolute atomic E-state index is 11.0. The predicted molar refractivity (Wildman–Crippen MR) is 78.9 cm³/mol. The van der Waals surface area contributed by atoms with Gasteiger partial charge in [-0.25, -0.2) is 8.78 Å². The Balaban J connectivity index is -0.000000272. The van der Waals surface area contributed by atoms with Crippen LogP contribution < -0.4 is 0 Å². The van der Waals surface area contributed by atoms with Crippen LogP contribution in [0.5, 0.6) is 0 Å². The number of hydrogen-bond donors (Lipinski definition) is 0. The molecule has 0 saturated heterocycles. The number of hydrogen-bond acceptors (Lipinski definition) is 0. The summed E-state index contributed by atoms with van der Waals surface area (Å²) in [6.07, 6.45) is -5.51. The average molecular weight is 615 g/mol. The van der Waals surface area contributed by atoms with Gasteiger partial charge in [-0.15, -0.1) is 0 Å². The predicted octanol–water partition coefficient (Wildman–Crippen LogP) is 5.84. The van der Waals surface area contributed by atoms with Gasteiger partial charge in [-0.2, -0.15) is 13.2 Å². The first-order chi connectivity index (χ1) is 9.80. The molecule has 0 bridgehead atoms. The molecular weight excluding hydrogens is 598 g/mol. The van der Waals surface area contributed by atoms with E-state index in [9.17, 15) is 22.0 Å². The molecule has 0 aromatic heterocycles. The van der Waals surface area contributed by atoms with E-state index in [-0.39, 0.29) is 0 Å². The van der Waals surface area contributed by atoms with Gasteiger partial charge in [0, 0.05) is 0 Å². The van der Waals surface area contributed by atoms with E-state index in [0.29, 0.717) is 0 Å². The van der Waals surface area contributed by atoms with Gasteiger partial charge in [0.1, 0.15) is 0 Å². The van der Waals surface area contributed by atoms with Crippen molar-refractivity contribution < 1.29 is 41.9 Å². The zero-order chi connectivity index (χ0) is 18.9. The van der Waals surface area contributed by atoms with Crippen LogP contribution in [0.1, 0.15) is 34.6 Å². The summed E-state index contributed by atoms with van der Waals surface area (Å²) in [6.45, 7) is 17.1. The average Bonchev–Trinajstić information content (AvgIpc) is 2.60. The molecule has 0 N–H and O–H groups in total. The van der Waals surface area contributed by atoms with E-state index in [2.05, 4.69) is 60.9 Å². The summed E-state index contributed by atoms with van der Waals surface area (Å²) in [5, 5.41) is 0. The topological polar surface area (TPSA) is 19.9 Å². The first-order valence-corrected chi connectivity index (χ1v) is 12.4. The summed E-state index contributed by atoms with van der Waals surface area (Å²) in [6, 6.07) is 0. The molecule has 0 spiro atoms. The summed E-state index contributed by atoms with van der Waals surface area (Å²) in [7, 11) is 0. The number of rotatable bonds is 0. The van der Waals surface area contributed by atoms with E-state index in [1.54, 1.807) is 6.92 Å². The van der Waals surface area contributed by atoms with Crippen molar-refractivity contribution in [1.29, 1.82) is 0 Å². The molecule has 0 heterocycles. The third kappa shape index (κ3) is 9.16. The fourth-order valence-corrected chi connectivity index (χ4v) is 1.41. The van der Waals surface area contributed by atoms with E-state index in [0.717, 1.165) is 0 Å². The van der Waals surface area contributed by atoms with E-state index in [4.69, 9.17) is 4.65 Å². The second-order valence-corrected chi connectivity index (χ2v) is 4.33. The van der Waals surface area contributed by atoms with Crippen LogP contribution in [0.3, 0.4) is 0 Å². The molecule has 0 amide bonds. The fourth-order valence-electron chi connectivity index (χ4n) is 1.41. The van der Waals surface area contributed by atoms with Crippen LogP contribution >= 0.6 is 19.6 Å². The van der Waals surface area contributed by atoms with Crippen LogP contribution in [0.15, 0.2) is 0 Å². The van der Waals surface area contributed by atoms with Gasteiger partial charge in [0.15, 0.2) is 0 Å². The van der Waals surface area contributed by atoms with E-state index in [1.807, 2.05) is 15.3 Å². The van der Waals surface area contributed by atoms with Crippen LogP contribution in [0.25, 0.3) is 0 Å². The zero-order valence-electron chi connectivity index (χ0n) is 12.7. The molecule has 1 saturated carbocycles. The van der Waals surface area contributed by atoms with Gasteiger partial charge < -0.3 is 0 Å². The van der Waals surface area contributed by atoms with Crippen molar-refractivity contribution in [2.45, 2.75) is 46.7 Å². The Labute approximate surface area is 151 Å². The van der Waals surface area contributed by atoms with Crippen molar-refractivity contribution in [2.75, 3.05) is 0 Å². The van der Waals surface area contributed by atoms with Crippen molar-refractivity contribution in [3.63, 3.8) is 0 Å². The van der Waals surface area contributed by atoms with Crippen LogP contribution in [0.2, 0.25) is 0 Å². The Morgan fingerprint density at radius 2 is 0.864 bits per heavy atom. The molecule has 5 radical (unpaired) electrons. The van der Waals surface area contributed by atoms with Crippen molar-refractivity contribution >= 4 is 19.6 Å². The molecule has 0 unspecified atom stereocenters. The minimum atomic E-state index is -5.51. The van der Waals surface area contributed by atoms with Crippen LogP contribution in [0.4, 0.5) is 22.0 Å². The quantitative estimate of drug-likeness (QED) is 0.142. The Bertz CT molecular complexity index is 247. The second-order valence-electron chi connectivity index (χ2n) is 4.33. The molecule has 1 rings (SSSR count). The Morgan fingerprint density at radius 1 is 0.773 bits per heavy atom. The first-order valence-electron chi connectivity index (χ1n) is 5.63. The molecule has 0 aromatic rings. The molecule has 1 aliphatic rings. The third-order valence-corrected chi connectivity index (χ3v) is 3.23. The van der Waals surface area contributed by atoms with E-state index < -0.39 is 12.1 Å². The van der Waals surface area contributed by atoms with Gasteiger partial charge >= 0.3 is 52.4 Å². The molecule has 0 aliphatic heterocycles. The molecular formula is C14H17F5IIrO+. The van der Waals surface area contributed by atoms with Crippen molar-refractivity contribution in [3.05, 3.63) is 43.2 Å². The Kier molecular flexibility index (Phi) is 15.3. The molecule has 1 nitrogen and oxygen atoms in total. The van der Waals surface area contributed by atoms with E-state index >= 15 is 0 Å². The van der Waals surface area contributed by atoms with Crippen molar-refractivity contribution in [2.24, 2.45) is 0 Å². The molecule has 129 valence electrons. The molecule has 1 aliphatic carbocycles. The summed E-state index contributed by atoms with van der Waals surface area (Å²) in [5.41, 5.74) is 0. The minimum absolute atomic E-state index is 1.47. The molecule has 0 atom stereocenters. The summed E-state index contributed by atoms with van der Waals surface area (Å²) in [5.74, 6) is 2.53. The zero-order valence-corrected chi connectivity index (χ0v) is 17.3. The number of alkyl halides is 5. The SMILES string of the molecule is C[C]1[C](C)[C](C)[C](C)[C]1C.[C-]#[O+].[CH2-]C(F)(F)C(F)(F)F.[I][Ir+2].